The predicted molar refractivity (Wildman–Crippen MR) is 94.6 cm³/mol. The Morgan fingerprint density at radius 3 is 3.00 bits per heavy atom. The van der Waals surface area contributed by atoms with Crippen molar-refractivity contribution in [3.63, 3.8) is 0 Å². The molecule has 0 aliphatic carbocycles. The van der Waals surface area contributed by atoms with Crippen molar-refractivity contribution in [1.29, 1.82) is 0 Å². The van der Waals surface area contributed by atoms with Crippen LogP contribution in [-0.2, 0) is 11.3 Å². The molecule has 2 aliphatic rings. The van der Waals surface area contributed by atoms with Gasteiger partial charge < -0.3 is 10.6 Å². The highest BCUT2D eigenvalue weighted by molar-refractivity contribution is 5.81. The van der Waals surface area contributed by atoms with Crippen LogP contribution < -0.4 is 10.6 Å². The van der Waals surface area contributed by atoms with Crippen LogP contribution in [0.25, 0.3) is 0 Å². The van der Waals surface area contributed by atoms with Gasteiger partial charge in [0, 0.05) is 37.4 Å². The molecule has 0 bridgehead atoms. The number of aromatic nitrogens is 2. The number of hydrogen-bond donors (Lipinski definition) is 2. The molecule has 3 heterocycles. The monoisotopic (exact) mass is 333 g/mol. The highest BCUT2D eigenvalue weighted by Gasteiger charge is 2.24. The van der Waals surface area contributed by atoms with Gasteiger partial charge in [-0.3, -0.25) is 14.4 Å². The first-order valence-electron chi connectivity index (χ1n) is 9.38. The van der Waals surface area contributed by atoms with Crippen LogP contribution >= 0.6 is 0 Å². The van der Waals surface area contributed by atoms with E-state index in [2.05, 4.69) is 40.7 Å². The summed E-state index contributed by atoms with van der Waals surface area (Å²) in [5.74, 6) is 0.743. The quantitative estimate of drug-likeness (QED) is 0.829. The van der Waals surface area contributed by atoms with E-state index in [1.807, 2.05) is 10.9 Å². The fraction of sp³-hybridized carbons (Fsp3) is 0.778. The summed E-state index contributed by atoms with van der Waals surface area (Å²) in [7, 11) is 0. The zero-order chi connectivity index (χ0) is 16.9. The van der Waals surface area contributed by atoms with E-state index in [0.29, 0.717) is 12.0 Å². The summed E-state index contributed by atoms with van der Waals surface area (Å²) in [5.41, 5.74) is 1.28. The second-order valence-corrected chi connectivity index (χ2v) is 7.56. The number of nitrogens with zero attached hydrogens (tertiary/aromatic N) is 3. The molecule has 0 spiro atoms. The third kappa shape index (κ3) is 4.57. The number of nitrogens with one attached hydrogen (secondary N) is 2. The smallest absolute Gasteiger partial charge is 0.237 e. The van der Waals surface area contributed by atoms with E-state index in [9.17, 15) is 4.79 Å². The molecule has 6 heteroatoms. The number of piperidine rings is 1. The number of carbonyl (C=O) groups is 1. The summed E-state index contributed by atoms with van der Waals surface area (Å²) in [5, 5.41) is 10.8. The Morgan fingerprint density at radius 1 is 1.42 bits per heavy atom. The van der Waals surface area contributed by atoms with Crippen LogP contribution in [-0.4, -0.2) is 52.8 Å². The Balaban J connectivity index is 1.44. The van der Waals surface area contributed by atoms with Crippen LogP contribution in [0.2, 0.25) is 0 Å². The van der Waals surface area contributed by atoms with Crippen LogP contribution in [0.3, 0.4) is 0 Å². The zero-order valence-corrected chi connectivity index (χ0v) is 15.0. The molecule has 0 saturated carbocycles. The van der Waals surface area contributed by atoms with Crippen molar-refractivity contribution in [3.8, 4) is 0 Å². The van der Waals surface area contributed by atoms with Crippen molar-refractivity contribution in [1.82, 2.24) is 25.3 Å². The van der Waals surface area contributed by atoms with Crippen molar-refractivity contribution in [3.05, 3.63) is 18.0 Å². The largest absolute Gasteiger partial charge is 0.354 e. The number of likely N-dealkylation sites (tertiary alicyclic amines) is 1. The molecule has 6 nitrogen and oxygen atoms in total. The molecule has 1 aromatic rings. The van der Waals surface area contributed by atoms with Crippen molar-refractivity contribution in [2.24, 2.45) is 5.92 Å². The zero-order valence-electron chi connectivity index (χ0n) is 15.0. The first-order valence-corrected chi connectivity index (χ1v) is 9.38. The lowest BCUT2D eigenvalue weighted by Crippen LogP contribution is -2.45. The molecule has 1 amide bonds. The van der Waals surface area contributed by atoms with Crippen molar-refractivity contribution >= 4 is 5.91 Å². The summed E-state index contributed by atoms with van der Waals surface area (Å²) < 4.78 is 2.02. The summed E-state index contributed by atoms with van der Waals surface area (Å²) in [4.78, 5) is 14.6. The number of hydrogen-bond acceptors (Lipinski definition) is 4. The Hall–Kier alpha value is -1.40. The SMILES string of the molecule is CC(C)n1cc(CN2CCCC(CNC(=O)C3CCCN3)C2)cn1. The number of carbonyl (C=O) groups excluding carboxylic acids is 1. The lowest BCUT2D eigenvalue weighted by Gasteiger charge is -2.32. The molecule has 2 saturated heterocycles. The van der Waals surface area contributed by atoms with Gasteiger partial charge in [0.25, 0.3) is 0 Å². The molecule has 134 valence electrons. The number of amides is 1. The van der Waals surface area contributed by atoms with Crippen LogP contribution in [0.4, 0.5) is 0 Å². The fourth-order valence-electron chi connectivity index (χ4n) is 3.74. The second-order valence-electron chi connectivity index (χ2n) is 7.56. The molecule has 0 aromatic carbocycles. The summed E-state index contributed by atoms with van der Waals surface area (Å²) >= 11 is 0. The van der Waals surface area contributed by atoms with Crippen LogP contribution in [0.1, 0.15) is 51.1 Å². The van der Waals surface area contributed by atoms with Crippen LogP contribution in [0.5, 0.6) is 0 Å². The Kier molecular flexibility index (Phi) is 5.89. The summed E-state index contributed by atoms with van der Waals surface area (Å²) in [6, 6.07) is 0.443. The van der Waals surface area contributed by atoms with Gasteiger partial charge in [0.2, 0.25) is 5.91 Å². The maximum atomic E-state index is 12.1. The van der Waals surface area contributed by atoms with Crippen molar-refractivity contribution in [2.45, 2.75) is 58.2 Å². The summed E-state index contributed by atoms with van der Waals surface area (Å²) in [6.45, 7) is 9.23. The van der Waals surface area contributed by atoms with Gasteiger partial charge in [-0.25, -0.2) is 0 Å². The standard InChI is InChI=1S/C18H31N5O/c1-14(2)23-13-16(10-21-23)12-22-8-4-5-15(11-22)9-20-18(24)17-6-3-7-19-17/h10,13-15,17,19H,3-9,11-12H2,1-2H3,(H,20,24). The van der Waals surface area contributed by atoms with Gasteiger partial charge in [0.15, 0.2) is 0 Å². The van der Waals surface area contributed by atoms with Gasteiger partial charge in [-0.05, 0) is 58.5 Å². The lowest BCUT2D eigenvalue weighted by atomic mass is 9.97. The Labute approximate surface area is 145 Å². The minimum absolute atomic E-state index is 0.0339. The van der Waals surface area contributed by atoms with Crippen LogP contribution in [0, 0.1) is 5.92 Å². The fourth-order valence-corrected chi connectivity index (χ4v) is 3.74. The second kappa shape index (κ2) is 8.12. The highest BCUT2D eigenvalue weighted by Crippen LogP contribution is 2.18. The lowest BCUT2D eigenvalue weighted by molar-refractivity contribution is -0.123. The van der Waals surface area contributed by atoms with Gasteiger partial charge in [-0.1, -0.05) is 0 Å². The van der Waals surface area contributed by atoms with Gasteiger partial charge in [-0.2, -0.15) is 5.10 Å². The average Bonchev–Trinajstić information content (AvgIpc) is 3.24. The minimum Gasteiger partial charge on any atom is -0.354 e. The molecular weight excluding hydrogens is 302 g/mol. The van der Waals surface area contributed by atoms with Gasteiger partial charge >= 0.3 is 0 Å². The van der Waals surface area contributed by atoms with E-state index in [4.69, 9.17) is 0 Å². The first-order chi connectivity index (χ1) is 11.6. The molecule has 2 unspecified atom stereocenters. The van der Waals surface area contributed by atoms with E-state index in [0.717, 1.165) is 45.6 Å². The molecule has 1 aromatic heterocycles. The predicted octanol–water partition coefficient (Wildman–Crippen LogP) is 1.54. The molecule has 2 N–H and O–H groups in total. The summed E-state index contributed by atoms with van der Waals surface area (Å²) in [6.07, 6.45) is 8.64. The molecule has 2 atom stereocenters. The number of rotatable bonds is 6. The molecule has 24 heavy (non-hydrogen) atoms. The van der Waals surface area contributed by atoms with Crippen molar-refractivity contribution < 1.29 is 4.79 Å². The van der Waals surface area contributed by atoms with E-state index < -0.39 is 0 Å². The van der Waals surface area contributed by atoms with Gasteiger partial charge in [-0.15, -0.1) is 0 Å². The van der Waals surface area contributed by atoms with E-state index in [1.165, 1.54) is 18.4 Å². The van der Waals surface area contributed by atoms with Gasteiger partial charge in [0.1, 0.15) is 0 Å². The molecule has 2 aliphatic heterocycles. The molecular formula is C18H31N5O. The Bertz CT molecular complexity index is 535. The Morgan fingerprint density at radius 2 is 2.29 bits per heavy atom. The average molecular weight is 333 g/mol. The van der Waals surface area contributed by atoms with Crippen molar-refractivity contribution in [2.75, 3.05) is 26.2 Å². The maximum Gasteiger partial charge on any atom is 0.237 e. The van der Waals surface area contributed by atoms with E-state index in [-0.39, 0.29) is 11.9 Å². The van der Waals surface area contributed by atoms with E-state index in [1.54, 1.807) is 0 Å². The third-order valence-corrected chi connectivity index (χ3v) is 5.14. The topological polar surface area (TPSA) is 62.2 Å². The normalized spacial score (nSPS) is 25.3. The van der Waals surface area contributed by atoms with Crippen LogP contribution in [0.15, 0.2) is 12.4 Å². The molecule has 2 fully saturated rings. The van der Waals surface area contributed by atoms with Gasteiger partial charge in [0.05, 0.1) is 12.2 Å². The molecule has 3 rings (SSSR count). The maximum absolute atomic E-state index is 12.1. The minimum atomic E-state index is 0.0339. The first kappa shape index (κ1) is 17.4. The third-order valence-electron chi connectivity index (χ3n) is 5.14. The van der Waals surface area contributed by atoms with E-state index >= 15 is 0 Å². The highest BCUT2D eigenvalue weighted by atomic mass is 16.2. The molecule has 0 radical (unpaired) electrons.